The number of H-pyrrole nitrogens is 1. The summed E-state index contributed by atoms with van der Waals surface area (Å²) in [5.74, 6) is -1.87. The molecule has 0 aliphatic carbocycles. The van der Waals surface area contributed by atoms with Crippen molar-refractivity contribution in [3.05, 3.63) is 98.6 Å². The van der Waals surface area contributed by atoms with Crippen LogP contribution in [-0.4, -0.2) is 61.0 Å². The average Bonchev–Trinajstić information content (AvgIpc) is 2.99. The molecule has 13 nitrogen and oxygen atoms in total. The lowest BCUT2D eigenvalue weighted by Gasteiger charge is -2.49. The first kappa shape index (κ1) is 29.7. The van der Waals surface area contributed by atoms with Gasteiger partial charge in [0.25, 0.3) is 11.5 Å². The van der Waals surface area contributed by atoms with Crippen molar-refractivity contribution in [1.29, 1.82) is 0 Å². The maximum Gasteiger partial charge on any atom is 0.352 e. The van der Waals surface area contributed by atoms with Gasteiger partial charge in [-0.25, -0.2) is 14.6 Å². The fourth-order valence-corrected chi connectivity index (χ4v) is 6.03. The monoisotopic (exact) mass is 623 g/mol. The van der Waals surface area contributed by atoms with E-state index in [0.717, 1.165) is 5.56 Å². The summed E-state index contributed by atoms with van der Waals surface area (Å²) in [7, 11) is 0. The SMILES string of the molecule is CC1=C(C(=O)O)N2C(=O)C(NC(=O)[C@H](NC(=O)Nc3cnc(NCc4ccc(Cl)cc4)[nH]c3=O)c3ccccc3)[C@H]2SC1. The standard InChI is InChI=1S/C28H26ClN7O6S/c1-14-13-43-25-20(24(39)36(25)21(14)26(40)41)33-23(38)19(16-5-3-2-4-6-16)34-28(42)32-18-12-31-27(35-22(18)37)30-11-15-7-9-17(29)10-8-15/h2-10,12,19-20,25H,11,13H2,1H3,(H,33,38)(H,40,41)(H2,32,34,42)(H2,30,31,35,37)/t19-,20?,25-/m1/s1. The third kappa shape index (κ3) is 6.49. The third-order valence-corrected chi connectivity index (χ3v) is 8.43. The van der Waals surface area contributed by atoms with Crippen LogP contribution in [0.2, 0.25) is 5.02 Å². The number of carboxylic acid groups (broad SMARTS) is 1. The fraction of sp³-hybridized carbons (Fsp3) is 0.214. The van der Waals surface area contributed by atoms with Crippen molar-refractivity contribution in [1.82, 2.24) is 25.5 Å². The molecule has 2 aliphatic heterocycles. The van der Waals surface area contributed by atoms with Crippen LogP contribution in [0.3, 0.4) is 0 Å². The number of halogens is 1. The molecule has 0 radical (unpaired) electrons. The van der Waals surface area contributed by atoms with Crippen LogP contribution in [0.4, 0.5) is 16.4 Å². The zero-order chi connectivity index (χ0) is 30.7. The number of aromatic nitrogens is 2. The number of hydrogen-bond acceptors (Lipinski definition) is 8. The third-order valence-electron chi connectivity index (χ3n) is 6.75. The van der Waals surface area contributed by atoms with E-state index in [0.29, 0.717) is 28.5 Å². The largest absolute Gasteiger partial charge is 0.477 e. The first-order valence-corrected chi connectivity index (χ1v) is 14.4. The van der Waals surface area contributed by atoms with Crippen molar-refractivity contribution < 1.29 is 24.3 Å². The summed E-state index contributed by atoms with van der Waals surface area (Å²) < 4.78 is 0. The van der Waals surface area contributed by atoms with Crippen LogP contribution in [-0.2, 0) is 20.9 Å². The number of benzene rings is 2. The molecular weight excluding hydrogens is 598 g/mol. The molecule has 3 aromatic rings. The molecular formula is C28H26ClN7O6S. The van der Waals surface area contributed by atoms with Crippen LogP contribution in [0.15, 0.2) is 76.9 Å². The molecule has 0 spiro atoms. The number of hydrogen-bond donors (Lipinski definition) is 6. The van der Waals surface area contributed by atoms with E-state index >= 15 is 0 Å². The van der Waals surface area contributed by atoms with Crippen molar-refractivity contribution in [2.75, 3.05) is 16.4 Å². The van der Waals surface area contributed by atoms with Crippen molar-refractivity contribution >= 4 is 58.8 Å². The molecule has 15 heteroatoms. The van der Waals surface area contributed by atoms with Crippen LogP contribution in [0.5, 0.6) is 0 Å². The number of rotatable bonds is 9. The second-order valence-electron chi connectivity index (χ2n) is 9.73. The van der Waals surface area contributed by atoms with E-state index in [9.17, 15) is 29.1 Å². The maximum atomic E-state index is 13.4. The van der Waals surface area contributed by atoms with E-state index in [4.69, 9.17) is 11.6 Å². The molecule has 1 unspecified atom stereocenters. The Balaban J connectivity index is 1.24. The molecule has 222 valence electrons. The summed E-state index contributed by atoms with van der Waals surface area (Å²) in [6.07, 6.45) is 1.18. The van der Waals surface area contributed by atoms with Gasteiger partial charge in [-0.3, -0.25) is 24.3 Å². The summed E-state index contributed by atoms with van der Waals surface area (Å²) >= 11 is 7.23. The van der Waals surface area contributed by atoms with Crippen LogP contribution >= 0.6 is 23.4 Å². The zero-order valence-electron chi connectivity index (χ0n) is 22.6. The molecule has 6 N–H and O–H groups in total. The van der Waals surface area contributed by atoms with Gasteiger partial charge in [0, 0.05) is 17.3 Å². The molecule has 2 aliphatic rings. The number of β-lactam (4-membered cyclic amide) rings is 1. The van der Waals surface area contributed by atoms with Crippen molar-refractivity contribution in [2.24, 2.45) is 0 Å². The zero-order valence-corrected chi connectivity index (χ0v) is 24.2. The molecule has 0 bridgehead atoms. The summed E-state index contributed by atoms with van der Waals surface area (Å²) in [4.78, 5) is 71.3. The Morgan fingerprint density at radius 2 is 1.86 bits per heavy atom. The molecule has 3 heterocycles. The van der Waals surface area contributed by atoms with Gasteiger partial charge in [-0.1, -0.05) is 54.1 Å². The Bertz CT molecular complexity index is 1660. The number of fused-ring (bicyclic) bond motifs is 1. The number of carbonyl (C=O) groups is 4. The first-order valence-electron chi connectivity index (χ1n) is 13.0. The topological polar surface area (TPSA) is 186 Å². The van der Waals surface area contributed by atoms with E-state index in [1.807, 2.05) is 12.1 Å². The predicted octanol–water partition coefficient (Wildman–Crippen LogP) is 2.66. The van der Waals surface area contributed by atoms with E-state index in [-0.39, 0.29) is 17.3 Å². The second kappa shape index (κ2) is 12.6. The Morgan fingerprint density at radius 3 is 2.53 bits per heavy atom. The minimum absolute atomic E-state index is 0.0820. The summed E-state index contributed by atoms with van der Waals surface area (Å²) in [5, 5.41) is 20.1. The van der Waals surface area contributed by atoms with Gasteiger partial charge in [-0.2, -0.15) is 0 Å². The summed E-state index contributed by atoms with van der Waals surface area (Å²) in [5.41, 5.74) is 1.02. The van der Waals surface area contributed by atoms with Gasteiger partial charge in [-0.05, 0) is 35.8 Å². The van der Waals surface area contributed by atoms with Crippen LogP contribution in [0.25, 0.3) is 0 Å². The Labute approximate surface area is 254 Å². The van der Waals surface area contributed by atoms with Crippen molar-refractivity contribution in [3.63, 3.8) is 0 Å². The highest BCUT2D eigenvalue weighted by Gasteiger charge is 2.54. The number of aromatic amines is 1. The number of amides is 4. The van der Waals surface area contributed by atoms with Gasteiger partial charge < -0.3 is 26.4 Å². The van der Waals surface area contributed by atoms with E-state index in [2.05, 4.69) is 31.2 Å². The maximum absolute atomic E-state index is 13.4. The number of carbonyl (C=O) groups excluding carboxylic acids is 3. The average molecular weight is 624 g/mol. The molecule has 5 rings (SSSR count). The Hall–Kier alpha value is -4.82. The molecule has 2 aromatic carbocycles. The lowest BCUT2D eigenvalue weighted by Crippen LogP contribution is -2.71. The molecule has 3 atom stereocenters. The number of urea groups is 1. The lowest BCUT2D eigenvalue weighted by atomic mass is 10.0. The highest BCUT2D eigenvalue weighted by molar-refractivity contribution is 8.00. The molecule has 1 saturated heterocycles. The van der Waals surface area contributed by atoms with E-state index in [1.54, 1.807) is 49.4 Å². The van der Waals surface area contributed by atoms with Gasteiger partial charge in [0.05, 0.1) is 6.20 Å². The van der Waals surface area contributed by atoms with E-state index in [1.165, 1.54) is 22.9 Å². The Kier molecular flexibility index (Phi) is 8.68. The highest BCUT2D eigenvalue weighted by Crippen LogP contribution is 2.40. The van der Waals surface area contributed by atoms with Gasteiger partial charge >= 0.3 is 12.0 Å². The highest BCUT2D eigenvalue weighted by atomic mass is 35.5. The van der Waals surface area contributed by atoms with Crippen molar-refractivity contribution in [3.8, 4) is 0 Å². The molecule has 0 saturated carbocycles. The minimum atomic E-state index is -1.24. The van der Waals surface area contributed by atoms with E-state index < -0.39 is 46.8 Å². The summed E-state index contributed by atoms with van der Waals surface area (Å²) in [6, 6.07) is 12.4. The molecule has 43 heavy (non-hydrogen) atoms. The van der Waals surface area contributed by atoms with Crippen LogP contribution in [0, 0.1) is 0 Å². The van der Waals surface area contributed by atoms with Crippen molar-refractivity contribution in [2.45, 2.75) is 30.9 Å². The minimum Gasteiger partial charge on any atom is -0.477 e. The first-order chi connectivity index (χ1) is 20.6. The summed E-state index contributed by atoms with van der Waals surface area (Å²) in [6.45, 7) is 2.02. The smallest absolute Gasteiger partial charge is 0.352 e. The molecule has 1 fully saturated rings. The quantitative estimate of drug-likeness (QED) is 0.195. The predicted molar refractivity (Wildman–Crippen MR) is 160 cm³/mol. The number of nitrogens with zero attached hydrogens (tertiary/aromatic N) is 2. The van der Waals surface area contributed by atoms with Gasteiger partial charge in [0.2, 0.25) is 11.9 Å². The Morgan fingerprint density at radius 1 is 1.14 bits per heavy atom. The molecule has 4 amide bonds. The lowest BCUT2D eigenvalue weighted by molar-refractivity contribution is -0.151. The fourth-order valence-electron chi connectivity index (χ4n) is 4.61. The second-order valence-corrected chi connectivity index (χ2v) is 11.3. The van der Waals surface area contributed by atoms with Gasteiger partial charge in [0.15, 0.2) is 0 Å². The number of aliphatic carboxylic acids is 1. The molecule has 1 aromatic heterocycles. The van der Waals surface area contributed by atoms with Crippen LogP contribution < -0.4 is 26.8 Å². The number of thioether (sulfide) groups is 1. The normalized spacial score (nSPS) is 18.2. The van der Waals surface area contributed by atoms with Gasteiger partial charge in [0.1, 0.15) is 28.8 Å². The van der Waals surface area contributed by atoms with Gasteiger partial charge in [-0.15, -0.1) is 11.8 Å². The number of carboxylic acids is 1. The number of anilines is 2. The number of nitrogens with one attached hydrogen (secondary N) is 5. The van der Waals surface area contributed by atoms with Crippen LogP contribution in [0.1, 0.15) is 24.1 Å².